The summed E-state index contributed by atoms with van der Waals surface area (Å²) in [5.74, 6) is 0.455. The van der Waals surface area contributed by atoms with Crippen LogP contribution in [-0.4, -0.2) is 89.1 Å². The average molecular weight is 498 g/mol. The molecular formula is C27H39N5O4. The smallest absolute Gasteiger partial charge is 0.260 e. The topological polar surface area (TPSA) is 88.0 Å². The largest absolute Gasteiger partial charge is 0.483 e. The van der Waals surface area contributed by atoms with E-state index in [4.69, 9.17) is 4.74 Å². The van der Waals surface area contributed by atoms with Crippen LogP contribution in [0.2, 0.25) is 0 Å². The summed E-state index contributed by atoms with van der Waals surface area (Å²) in [5.41, 5.74) is 2.09. The Balaban J connectivity index is 1.59. The summed E-state index contributed by atoms with van der Waals surface area (Å²) in [5, 5.41) is 4.14. The molecule has 0 radical (unpaired) electrons. The van der Waals surface area contributed by atoms with Crippen LogP contribution in [0.3, 0.4) is 0 Å². The van der Waals surface area contributed by atoms with Crippen molar-refractivity contribution in [3.8, 4) is 5.75 Å². The molecule has 196 valence electrons. The minimum Gasteiger partial charge on any atom is -0.483 e. The summed E-state index contributed by atoms with van der Waals surface area (Å²) >= 11 is 0. The highest BCUT2D eigenvalue weighted by Gasteiger charge is 2.29. The maximum atomic E-state index is 13.3. The molecule has 0 N–H and O–H groups in total. The van der Waals surface area contributed by atoms with Crippen molar-refractivity contribution in [2.24, 2.45) is 7.05 Å². The van der Waals surface area contributed by atoms with Crippen LogP contribution in [0.1, 0.15) is 43.4 Å². The molecular weight excluding hydrogens is 458 g/mol. The van der Waals surface area contributed by atoms with E-state index >= 15 is 0 Å². The van der Waals surface area contributed by atoms with E-state index in [-0.39, 0.29) is 24.3 Å². The number of hydrogen-bond acceptors (Lipinski definition) is 5. The number of carbonyl (C=O) groups is 3. The fourth-order valence-electron chi connectivity index (χ4n) is 4.50. The predicted octanol–water partition coefficient (Wildman–Crippen LogP) is 2.29. The fourth-order valence-corrected chi connectivity index (χ4v) is 4.50. The average Bonchev–Trinajstić information content (AvgIpc) is 3.29. The standard InChI is InChI=1S/C27H39N5O4/c1-29(25(33)15-14-22-16-17-28-32(22)4)19-9-12-23-27(35)30(2)18-8-7-11-21-10-5-6-13-24(21)36-20-26(34)31(23)3/h5-6,10,13,16-17,23H,7-9,11-12,14-15,18-20H2,1-4H3/t23-/m0/s1. The molecule has 9 heteroatoms. The Hall–Kier alpha value is -3.36. The summed E-state index contributed by atoms with van der Waals surface area (Å²) in [7, 11) is 7.11. The lowest BCUT2D eigenvalue weighted by molar-refractivity contribution is -0.145. The molecule has 1 aliphatic rings. The summed E-state index contributed by atoms with van der Waals surface area (Å²) in [4.78, 5) is 43.8. The summed E-state index contributed by atoms with van der Waals surface area (Å²) in [6, 6.07) is 9.10. The number of fused-ring (bicyclic) bond motifs is 1. The molecule has 1 atom stereocenters. The molecule has 1 aromatic carbocycles. The molecule has 0 unspecified atom stereocenters. The molecule has 1 aromatic heterocycles. The highest BCUT2D eigenvalue weighted by atomic mass is 16.5. The molecule has 0 bridgehead atoms. The van der Waals surface area contributed by atoms with Gasteiger partial charge in [-0.15, -0.1) is 0 Å². The Morgan fingerprint density at radius 3 is 2.67 bits per heavy atom. The second-order valence-corrected chi connectivity index (χ2v) is 9.54. The quantitative estimate of drug-likeness (QED) is 0.586. The molecule has 36 heavy (non-hydrogen) atoms. The van der Waals surface area contributed by atoms with Gasteiger partial charge in [-0.25, -0.2) is 0 Å². The number of ether oxygens (including phenoxy) is 1. The number of likely N-dealkylation sites (N-methyl/N-ethyl adjacent to an activating group) is 2. The lowest BCUT2D eigenvalue weighted by Crippen LogP contribution is -2.50. The number of carbonyl (C=O) groups excluding carboxylic acids is 3. The van der Waals surface area contributed by atoms with Crippen LogP contribution in [0.15, 0.2) is 36.5 Å². The van der Waals surface area contributed by atoms with E-state index in [1.165, 1.54) is 4.90 Å². The van der Waals surface area contributed by atoms with Gasteiger partial charge in [-0.3, -0.25) is 19.1 Å². The molecule has 2 aromatic rings. The first-order chi connectivity index (χ1) is 17.3. The van der Waals surface area contributed by atoms with E-state index in [1.54, 1.807) is 41.8 Å². The van der Waals surface area contributed by atoms with Gasteiger partial charge in [0.2, 0.25) is 11.8 Å². The molecule has 0 saturated heterocycles. The Kier molecular flexibility index (Phi) is 9.90. The summed E-state index contributed by atoms with van der Waals surface area (Å²) < 4.78 is 7.63. The van der Waals surface area contributed by atoms with Crippen LogP contribution in [0.25, 0.3) is 0 Å². The van der Waals surface area contributed by atoms with Crippen LogP contribution < -0.4 is 4.74 Å². The maximum absolute atomic E-state index is 13.3. The third kappa shape index (κ3) is 7.32. The lowest BCUT2D eigenvalue weighted by atomic mass is 10.1. The van der Waals surface area contributed by atoms with Gasteiger partial charge in [-0.2, -0.15) is 5.10 Å². The third-order valence-electron chi connectivity index (χ3n) is 6.95. The fraction of sp³-hybridized carbons (Fsp3) is 0.556. The van der Waals surface area contributed by atoms with Gasteiger partial charge in [0.15, 0.2) is 6.61 Å². The highest BCUT2D eigenvalue weighted by molar-refractivity contribution is 5.88. The molecule has 0 fully saturated rings. The molecule has 3 rings (SSSR count). The first-order valence-corrected chi connectivity index (χ1v) is 12.7. The minimum atomic E-state index is -0.597. The second kappa shape index (κ2) is 13.1. The molecule has 2 heterocycles. The van der Waals surface area contributed by atoms with Gasteiger partial charge < -0.3 is 19.4 Å². The Morgan fingerprint density at radius 1 is 1.14 bits per heavy atom. The van der Waals surface area contributed by atoms with Crippen molar-refractivity contribution in [1.29, 1.82) is 0 Å². The number of aromatic nitrogens is 2. The van der Waals surface area contributed by atoms with Crippen molar-refractivity contribution >= 4 is 17.7 Å². The number of aryl methyl sites for hydroxylation is 3. The van der Waals surface area contributed by atoms with Crippen LogP contribution in [0.4, 0.5) is 0 Å². The molecule has 1 aliphatic heterocycles. The normalized spacial score (nSPS) is 17.5. The number of hydrogen-bond donors (Lipinski definition) is 0. The zero-order chi connectivity index (χ0) is 26.1. The summed E-state index contributed by atoms with van der Waals surface area (Å²) in [6.07, 6.45) is 6.48. The number of para-hydroxylation sites is 1. The number of benzene rings is 1. The van der Waals surface area contributed by atoms with Crippen molar-refractivity contribution in [2.75, 3.05) is 40.8 Å². The number of nitrogens with zero attached hydrogens (tertiary/aromatic N) is 5. The van der Waals surface area contributed by atoms with Crippen molar-refractivity contribution in [2.45, 2.75) is 51.0 Å². The zero-order valence-electron chi connectivity index (χ0n) is 22.0. The number of amides is 3. The zero-order valence-corrected chi connectivity index (χ0v) is 22.0. The van der Waals surface area contributed by atoms with Gasteiger partial charge in [0, 0.05) is 59.6 Å². The number of rotatable bonds is 7. The van der Waals surface area contributed by atoms with Crippen LogP contribution in [-0.2, 0) is 34.3 Å². The molecule has 0 saturated carbocycles. The third-order valence-corrected chi connectivity index (χ3v) is 6.95. The van der Waals surface area contributed by atoms with E-state index in [1.807, 2.05) is 37.4 Å². The molecule has 0 aliphatic carbocycles. The van der Waals surface area contributed by atoms with Gasteiger partial charge in [0.05, 0.1) is 0 Å². The lowest BCUT2D eigenvalue weighted by Gasteiger charge is -2.31. The van der Waals surface area contributed by atoms with Gasteiger partial charge in [0.25, 0.3) is 5.91 Å². The Bertz CT molecular complexity index is 1040. The van der Waals surface area contributed by atoms with Gasteiger partial charge >= 0.3 is 0 Å². The van der Waals surface area contributed by atoms with E-state index in [9.17, 15) is 14.4 Å². The highest BCUT2D eigenvalue weighted by Crippen LogP contribution is 2.21. The molecule has 0 spiro atoms. The van der Waals surface area contributed by atoms with Gasteiger partial charge in [-0.05, 0) is 56.2 Å². The van der Waals surface area contributed by atoms with Gasteiger partial charge in [-0.1, -0.05) is 18.2 Å². The minimum absolute atomic E-state index is 0.0473. The first kappa shape index (κ1) is 27.2. The maximum Gasteiger partial charge on any atom is 0.260 e. The SMILES string of the molecule is CN(CCC[C@H]1C(=O)N(C)CCCCc2ccccc2OCC(=O)N1C)C(=O)CCc1ccnn1C. The van der Waals surface area contributed by atoms with Crippen LogP contribution in [0.5, 0.6) is 5.75 Å². The predicted molar refractivity (Wildman–Crippen MR) is 137 cm³/mol. The Labute approximate surface area is 214 Å². The van der Waals surface area contributed by atoms with Crippen LogP contribution in [0, 0.1) is 0 Å². The van der Waals surface area contributed by atoms with E-state index in [0.29, 0.717) is 38.8 Å². The monoisotopic (exact) mass is 497 g/mol. The van der Waals surface area contributed by atoms with Crippen molar-refractivity contribution < 1.29 is 19.1 Å². The first-order valence-electron chi connectivity index (χ1n) is 12.7. The van der Waals surface area contributed by atoms with E-state index in [2.05, 4.69) is 5.10 Å². The summed E-state index contributed by atoms with van der Waals surface area (Å²) in [6.45, 7) is 1.03. The van der Waals surface area contributed by atoms with E-state index < -0.39 is 6.04 Å². The van der Waals surface area contributed by atoms with Crippen LogP contribution >= 0.6 is 0 Å². The second-order valence-electron chi connectivity index (χ2n) is 9.54. The van der Waals surface area contributed by atoms with Crippen molar-refractivity contribution in [3.63, 3.8) is 0 Å². The molecule has 3 amide bonds. The van der Waals surface area contributed by atoms with Crippen molar-refractivity contribution in [1.82, 2.24) is 24.5 Å². The van der Waals surface area contributed by atoms with Crippen molar-refractivity contribution in [3.05, 3.63) is 47.8 Å². The molecule has 9 nitrogen and oxygen atoms in total. The van der Waals surface area contributed by atoms with Gasteiger partial charge in [0.1, 0.15) is 11.8 Å². The van der Waals surface area contributed by atoms with E-state index in [0.717, 1.165) is 36.3 Å². The Morgan fingerprint density at radius 2 is 1.92 bits per heavy atom.